The van der Waals surface area contributed by atoms with Crippen molar-refractivity contribution >= 4 is 5.91 Å². The topological polar surface area (TPSA) is 73.1 Å². The van der Waals surface area contributed by atoms with Gasteiger partial charge in [-0.05, 0) is 36.8 Å². The fourth-order valence-corrected chi connectivity index (χ4v) is 3.21. The van der Waals surface area contributed by atoms with E-state index in [1.807, 2.05) is 73.3 Å². The molecule has 1 atom stereocenters. The Bertz CT molecular complexity index is 937. The summed E-state index contributed by atoms with van der Waals surface area (Å²) in [5, 5.41) is 12.5. The van der Waals surface area contributed by atoms with Gasteiger partial charge >= 0.3 is 0 Å². The number of hydrogen-bond acceptors (Lipinski definition) is 5. The summed E-state index contributed by atoms with van der Waals surface area (Å²) < 4.78 is 5.86. The molecule has 1 aromatic heterocycles. The average Bonchev–Trinajstić information content (AvgIpc) is 3.25. The van der Waals surface area contributed by atoms with Crippen LogP contribution in [0.2, 0.25) is 0 Å². The third-order valence-corrected chi connectivity index (χ3v) is 4.81. The number of amides is 1. The summed E-state index contributed by atoms with van der Waals surface area (Å²) in [4.78, 5) is 16.4. The molecule has 0 N–H and O–H groups in total. The van der Waals surface area contributed by atoms with Crippen LogP contribution >= 0.6 is 0 Å². The van der Waals surface area contributed by atoms with E-state index in [1.54, 1.807) is 4.80 Å². The van der Waals surface area contributed by atoms with Gasteiger partial charge in [-0.2, -0.15) is 4.80 Å². The van der Waals surface area contributed by atoms with Crippen LogP contribution in [0.1, 0.15) is 41.9 Å². The summed E-state index contributed by atoms with van der Waals surface area (Å²) in [5.74, 6) is 0.567. The van der Waals surface area contributed by atoms with Gasteiger partial charge in [-0.3, -0.25) is 4.79 Å². The summed E-state index contributed by atoms with van der Waals surface area (Å²) >= 11 is 0. The maximum Gasteiger partial charge on any atom is 0.254 e. The lowest BCUT2D eigenvalue weighted by atomic mass is 10.1. The Morgan fingerprint density at radius 1 is 1.11 bits per heavy atom. The third kappa shape index (κ3) is 3.80. The smallest absolute Gasteiger partial charge is 0.254 e. The highest BCUT2D eigenvalue weighted by Crippen LogP contribution is 2.23. The van der Waals surface area contributed by atoms with E-state index >= 15 is 0 Å². The van der Waals surface area contributed by atoms with Gasteiger partial charge < -0.3 is 9.64 Å². The molecular weight excluding hydrogens is 354 g/mol. The fraction of sp³-hybridized carbons (Fsp3) is 0.333. The van der Waals surface area contributed by atoms with Crippen molar-refractivity contribution in [2.45, 2.75) is 26.0 Å². The first-order valence-electron chi connectivity index (χ1n) is 9.47. The number of tetrazole rings is 1. The molecule has 0 bridgehead atoms. The molecule has 28 heavy (non-hydrogen) atoms. The molecule has 0 radical (unpaired) electrons. The second kappa shape index (κ2) is 7.90. The Labute approximate surface area is 163 Å². The van der Waals surface area contributed by atoms with Crippen molar-refractivity contribution in [3.63, 3.8) is 0 Å². The molecule has 1 saturated heterocycles. The average molecular weight is 377 g/mol. The zero-order valence-corrected chi connectivity index (χ0v) is 16.0. The van der Waals surface area contributed by atoms with Gasteiger partial charge in [0.2, 0.25) is 5.82 Å². The standard InChI is InChI=1S/C21H23N5O2/c1-15(2)26-23-20(22-24-26)17-8-10-18(11-9-17)21(27)25-12-13-28-19(14-25)16-6-4-3-5-7-16/h3-11,15,19H,12-14H2,1-2H3. The predicted molar refractivity (Wildman–Crippen MR) is 105 cm³/mol. The van der Waals surface area contributed by atoms with Gasteiger partial charge in [0, 0.05) is 17.7 Å². The molecular formula is C21H23N5O2. The van der Waals surface area contributed by atoms with Gasteiger partial charge in [0.05, 0.1) is 19.2 Å². The molecule has 2 heterocycles. The molecule has 1 unspecified atom stereocenters. The van der Waals surface area contributed by atoms with E-state index in [0.717, 1.165) is 11.1 Å². The van der Waals surface area contributed by atoms with Gasteiger partial charge in [-0.1, -0.05) is 42.5 Å². The zero-order chi connectivity index (χ0) is 19.5. The van der Waals surface area contributed by atoms with E-state index in [0.29, 0.717) is 31.1 Å². The first-order chi connectivity index (χ1) is 13.6. The number of carbonyl (C=O) groups excluding carboxylic acids is 1. The van der Waals surface area contributed by atoms with Crippen molar-refractivity contribution in [1.29, 1.82) is 0 Å². The van der Waals surface area contributed by atoms with E-state index < -0.39 is 0 Å². The Morgan fingerprint density at radius 3 is 2.54 bits per heavy atom. The van der Waals surface area contributed by atoms with Crippen LogP contribution in [0, 0.1) is 0 Å². The molecule has 1 aliphatic rings. The minimum atomic E-state index is -0.0894. The normalized spacial score (nSPS) is 17.1. The molecule has 4 rings (SSSR count). The first-order valence-corrected chi connectivity index (χ1v) is 9.47. The highest BCUT2D eigenvalue weighted by Gasteiger charge is 2.26. The van der Waals surface area contributed by atoms with E-state index in [4.69, 9.17) is 4.74 Å². The van der Waals surface area contributed by atoms with E-state index in [-0.39, 0.29) is 18.1 Å². The maximum atomic E-state index is 12.9. The molecule has 0 aliphatic carbocycles. The van der Waals surface area contributed by atoms with E-state index in [9.17, 15) is 4.79 Å². The van der Waals surface area contributed by atoms with Crippen LogP contribution in [0.4, 0.5) is 0 Å². The van der Waals surface area contributed by atoms with Gasteiger partial charge in [0.25, 0.3) is 5.91 Å². The van der Waals surface area contributed by atoms with Crippen molar-refractivity contribution in [3.8, 4) is 11.4 Å². The number of morpholine rings is 1. The largest absolute Gasteiger partial charge is 0.370 e. The number of ether oxygens (including phenoxy) is 1. The Morgan fingerprint density at radius 2 is 1.86 bits per heavy atom. The lowest BCUT2D eigenvalue weighted by molar-refractivity contribution is -0.0228. The monoisotopic (exact) mass is 377 g/mol. The van der Waals surface area contributed by atoms with Crippen LogP contribution < -0.4 is 0 Å². The second-order valence-electron chi connectivity index (χ2n) is 7.13. The van der Waals surface area contributed by atoms with Crippen molar-refractivity contribution in [1.82, 2.24) is 25.1 Å². The molecule has 1 fully saturated rings. The number of rotatable bonds is 4. The number of benzene rings is 2. The van der Waals surface area contributed by atoms with Crippen molar-refractivity contribution in [2.75, 3.05) is 19.7 Å². The molecule has 7 heteroatoms. The minimum absolute atomic E-state index is 0.00887. The van der Waals surface area contributed by atoms with Gasteiger partial charge in [0.15, 0.2) is 0 Å². The Hall–Kier alpha value is -3.06. The Balaban J connectivity index is 1.47. The number of aromatic nitrogens is 4. The summed E-state index contributed by atoms with van der Waals surface area (Å²) in [6.45, 7) is 5.67. The zero-order valence-electron chi connectivity index (χ0n) is 16.0. The highest BCUT2D eigenvalue weighted by atomic mass is 16.5. The van der Waals surface area contributed by atoms with Gasteiger partial charge in [-0.25, -0.2) is 0 Å². The second-order valence-corrected chi connectivity index (χ2v) is 7.13. The molecule has 0 saturated carbocycles. The third-order valence-electron chi connectivity index (χ3n) is 4.81. The van der Waals surface area contributed by atoms with Crippen LogP contribution in [0.25, 0.3) is 11.4 Å². The molecule has 1 aliphatic heterocycles. The lowest BCUT2D eigenvalue weighted by Crippen LogP contribution is -2.42. The van der Waals surface area contributed by atoms with Crippen molar-refractivity contribution < 1.29 is 9.53 Å². The van der Waals surface area contributed by atoms with Crippen LogP contribution in [0.5, 0.6) is 0 Å². The number of carbonyl (C=O) groups is 1. The van der Waals surface area contributed by atoms with Gasteiger partial charge in [-0.15, -0.1) is 10.2 Å². The van der Waals surface area contributed by atoms with E-state index in [2.05, 4.69) is 15.4 Å². The SMILES string of the molecule is CC(C)n1nnc(-c2ccc(C(=O)N3CCOC(c4ccccc4)C3)cc2)n1. The lowest BCUT2D eigenvalue weighted by Gasteiger charge is -2.33. The number of nitrogens with zero attached hydrogens (tertiary/aromatic N) is 5. The number of hydrogen-bond donors (Lipinski definition) is 0. The highest BCUT2D eigenvalue weighted by molar-refractivity contribution is 5.94. The molecule has 2 aromatic carbocycles. The quantitative estimate of drug-likeness (QED) is 0.698. The van der Waals surface area contributed by atoms with E-state index in [1.165, 1.54) is 0 Å². The summed E-state index contributed by atoms with van der Waals surface area (Å²) in [6, 6.07) is 17.5. The molecule has 7 nitrogen and oxygen atoms in total. The summed E-state index contributed by atoms with van der Waals surface area (Å²) in [7, 11) is 0. The van der Waals surface area contributed by atoms with Crippen LogP contribution in [-0.2, 0) is 4.74 Å². The minimum Gasteiger partial charge on any atom is -0.370 e. The summed E-state index contributed by atoms with van der Waals surface area (Å²) in [6.07, 6.45) is -0.0894. The maximum absolute atomic E-state index is 12.9. The molecule has 0 spiro atoms. The fourth-order valence-electron chi connectivity index (χ4n) is 3.21. The van der Waals surface area contributed by atoms with Crippen molar-refractivity contribution in [2.24, 2.45) is 0 Å². The molecule has 144 valence electrons. The van der Waals surface area contributed by atoms with Crippen molar-refractivity contribution in [3.05, 3.63) is 65.7 Å². The van der Waals surface area contributed by atoms with Gasteiger partial charge in [0.1, 0.15) is 6.10 Å². The molecule has 3 aromatic rings. The van der Waals surface area contributed by atoms with Crippen LogP contribution in [0.3, 0.4) is 0 Å². The predicted octanol–water partition coefficient (Wildman–Crippen LogP) is 3.13. The Kier molecular flexibility index (Phi) is 5.16. The molecule has 1 amide bonds. The van der Waals surface area contributed by atoms with Crippen LogP contribution in [0.15, 0.2) is 54.6 Å². The first kappa shape index (κ1) is 18.3. The van der Waals surface area contributed by atoms with Crippen LogP contribution in [-0.4, -0.2) is 50.7 Å². The summed E-state index contributed by atoms with van der Waals surface area (Å²) in [5.41, 5.74) is 2.58.